The van der Waals surface area contributed by atoms with Gasteiger partial charge >= 0.3 is 0 Å². The number of anilines is 2. The summed E-state index contributed by atoms with van der Waals surface area (Å²) in [4.78, 5) is 26.7. The van der Waals surface area contributed by atoms with E-state index in [0.717, 1.165) is 26.1 Å². The highest BCUT2D eigenvalue weighted by Gasteiger charge is 2.35. The lowest BCUT2D eigenvalue weighted by molar-refractivity contribution is -0.122. The van der Waals surface area contributed by atoms with Crippen LogP contribution in [0.4, 0.5) is 11.4 Å². The molecule has 3 rings (SSSR count). The van der Waals surface area contributed by atoms with Gasteiger partial charge < -0.3 is 10.2 Å². The smallest absolute Gasteiger partial charge is 0.229 e. The Hall–Kier alpha value is -1.89. The number of hydrogen-bond donors (Lipinski definition) is 1. The summed E-state index contributed by atoms with van der Waals surface area (Å²) in [6, 6.07) is 13.6. The SMILES string of the molecule is Cc1cccc(N2C[C@@H](C(=O)Nc3ccccc3I)CC2=O)c1C. The normalized spacial score (nSPS) is 17.2. The first-order valence-corrected chi connectivity index (χ1v) is 8.97. The van der Waals surface area contributed by atoms with Gasteiger partial charge in [-0.15, -0.1) is 0 Å². The zero-order chi connectivity index (χ0) is 17.3. The van der Waals surface area contributed by atoms with Gasteiger partial charge in [-0.1, -0.05) is 24.3 Å². The van der Waals surface area contributed by atoms with Crippen LogP contribution in [0.3, 0.4) is 0 Å². The van der Waals surface area contributed by atoms with Gasteiger partial charge in [-0.2, -0.15) is 0 Å². The zero-order valence-corrected chi connectivity index (χ0v) is 15.8. The van der Waals surface area contributed by atoms with Crippen LogP contribution in [-0.2, 0) is 9.59 Å². The Morgan fingerprint density at radius 1 is 1.17 bits per heavy atom. The molecular weight excluding hydrogens is 415 g/mol. The van der Waals surface area contributed by atoms with Crippen molar-refractivity contribution < 1.29 is 9.59 Å². The number of aryl methyl sites for hydroxylation is 1. The lowest BCUT2D eigenvalue weighted by Crippen LogP contribution is -2.28. The fourth-order valence-corrected chi connectivity index (χ4v) is 3.46. The summed E-state index contributed by atoms with van der Waals surface area (Å²) in [6.07, 6.45) is 0.253. The van der Waals surface area contributed by atoms with Crippen LogP contribution >= 0.6 is 22.6 Å². The summed E-state index contributed by atoms with van der Waals surface area (Å²) in [5, 5.41) is 2.95. The summed E-state index contributed by atoms with van der Waals surface area (Å²) in [7, 11) is 0. The zero-order valence-electron chi connectivity index (χ0n) is 13.7. The summed E-state index contributed by atoms with van der Waals surface area (Å²) < 4.78 is 0.985. The molecule has 0 bridgehead atoms. The molecule has 0 unspecified atom stereocenters. The molecule has 4 nitrogen and oxygen atoms in total. The van der Waals surface area contributed by atoms with Crippen molar-refractivity contribution >= 4 is 45.8 Å². The van der Waals surface area contributed by atoms with Crippen molar-refractivity contribution in [1.82, 2.24) is 0 Å². The third kappa shape index (κ3) is 3.31. The van der Waals surface area contributed by atoms with Crippen LogP contribution < -0.4 is 10.2 Å². The summed E-state index contributed by atoms with van der Waals surface area (Å²) in [5.41, 5.74) is 3.93. The van der Waals surface area contributed by atoms with Gasteiger partial charge in [-0.3, -0.25) is 9.59 Å². The maximum Gasteiger partial charge on any atom is 0.229 e. The molecule has 0 spiro atoms. The van der Waals surface area contributed by atoms with Crippen molar-refractivity contribution in [1.29, 1.82) is 0 Å². The highest BCUT2D eigenvalue weighted by molar-refractivity contribution is 14.1. The topological polar surface area (TPSA) is 49.4 Å². The molecule has 24 heavy (non-hydrogen) atoms. The number of rotatable bonds is 3. The molecule has 2 aromatic rings. The second-order valence-corrected chi connectivity index (χ2v) is 7.26. The van der Waals surface area contributed by atoms with Crippen molar-refractivity contribution in [3.63, 3.8) is 0 Å². The molecule has 5 heteroatoms. The molecule has 2 aromatic carbocycles. The maximum atomic E-state index is 12.5. The number of benzene rings is 2. The molecule has 0 saturated carbocycles. The second-order valence-electron chi connectivity index (χ2n) is 6.09. The number of amides is 2. The van der Waals surface area contributed by atoms with Crippen LogP contribution in [0.5, 0.6) is 0 Å². The minimum atomic E-state index is -0.326. The molecule has 124 valence electrons. The first kappa shape index (κ1) is 17.0. The summed E-state index contributed by atoms with van der Waals surface area (Å²) in [5.74, 6) is -0.416. The molecule has 1 heterocycles. The fraction of sp³-hybridized carbons (Fsp3) is 0.263. The number of nitrogens with one attached hydrogen (secondary N) is 1. The van der Waals surface area contributed by atoms with E-state index in [9.17, 15) is 9.59 Å². The van der Waals surface area contributed by atoms with Gasteiger partial charge in [0.2, 0.25) is 11.8 Å². The van der Waals surface area contributed by atoms with Gasteiger partial charge in [0.25, 0.3) is 0 Å². The average molecular weight is 434 g/mol. The number of carbonyl (C=O) groups is 2. The van der Waals surface area contributed by atoms with Crippen molar-refractivity contribution in [3.8, 4) is 0 Å². The Balaban J connectivity index is 1.76. The largest absolute Gasteiger partial charge is 0.325 e. The van der Waals surface area contributed by atoms with Crippen LogP contribution in [0.1, 0.15) is 17.5 Å². The average Bonchev–Trinajstić information content (AvgIpc) is 2.94. The number of carbonyl (C=O) groups excluding carboxylic acids is 2. The Kier molecular flexibility index (Phi) is 4.89. The third-order valence-electron chi connectivity index (χ3n) is 4.49. The number of nitrogens with zero attached hydrogens (tertiary/aromatic N) is 1. The molecule has 2 amide bonds. The molecule has 1 atom stereocenters. The Morgan fingerprint density at radius 3 is 2.67 bits per heavy atom. The van der Waals surface area contributed by atoms with Crippen molar-refractivity contribution in [3.05, 3.63) is 57.2 Å². The lowest BCUT2D eigenvalue weighted by atomic mass is 10.1. The standard InChI is InChI=1S/C19H19IN2O2/c1-12-6-5-9-17(13(12)2)22-11-14(10-18(22)23)19(24)21-16-8-4-3-7-15(16)20/h3-9,14H,10-11H2,1-2H3,(H,21,24)/t14-/m0/s1. The predicted molar refractivity (Wildman–Crippen MR) is 104 cm³/mol. The summed E-state index contributed by atoms with van der Waals surface area (Å²) in [6.45, 7) is 4.47. The molecule has 1 fully saturated rings. The Labute approximate surface area is 155 Å². The molecule has 1 aliphatic rings. The van der Waals surface area contributed by atoms with Crippen LogP contribution in [0.15, 0.2) is 42.5 Å². The van der Waals surface area contributed by atoms with E-state index >= 15 is 0 Å². The van der Waals surface area contributed by atoms with Crippen LogP contribution in [0.25, 0.3) is 0 Å². The molecular formula is C19H19IN2O2. The lowest BCUT2D eigenvalue weighted by Gasteiger charge is -2.20. The quantitative estimate of drug-likeness (QED) is 0.746. The van der Waals surface area contributed by atoms with Gasteiger partial charge in [-0.05, 0) is 65.8 Å². The monoisotopic (exact) mass is 434 g/mol. The van der Waals surface area contributed by atoms with Crippen molar-refractivity contribution in [2.45, 2.75) is 20.3 Å². The Morgan fingerprint density at radius 2 is 1.92 bits per heavy atom. The van der Waals surface area contributed by atoms with Gasteiger partial charge in [0.1, 0.15) is 0 Å². The fourth-order valence-electron chi connectivity index (χ4n) is 2.94. The molecule has 0 radical (unpaired) electrons. The number of halogens is 1. The van der Waals surface area contributed by atoms with E-state index in [1.165, 1.54) is 0 Å². The van der Waals surface area contributed by atoms with Crippen molar-refractivity contribution in [2.75, 3.05) is 16.8 Å². The van der Waals surface area contributed by atoms with Crippen molar-refractivity contribution in [2.24, 2.45) is 5.92 Å². The number of para-hydroxylation sites is 1. The molecule has 1 aliphatic heterocycles. The van der Waals surface area contributed by atoms with E-state index in [1.54, 1.807) is 4.90 Å². The van der Waals surface area contributed by atoms with E-state index in [-0.39, 0.29) is 24.2 Å². The highest BCUT2D eigenvalue weighted by Crippen LogP contribution is 2.30. The third-order valence-corrected chi connectivity index (χ3v) is 5.44. The van der Waals surface area contributed by atoms with E-state index < -0.39 is 0 Å². The van der Waals surface area contributed by atoms with Gasteiger partial charge in [-0.25, -0.2) is 0 Å². The van der Waals surface area contributed by atoms with Gasteiger partial charge in [0, 0.05) is 22.2 Å². The van der Waals surface area contributed by atoms with Gasteiger partial charge in [0.05, 0.1) is 11.6 Å². The van der Waals surface area contributed by atoms with E-state index in [0.29, 0.717) is 6.54 Å². The van der Waals surface area contributed by atoms with Crippen LogP contribution in [0.2, 0.25) is 0 Å². The minimum Gasteiger partial charge on any atom is -0.325 e. The summed E-state index contributed by atoms with van der Waals surface area (Å²) >= 11 is 2.19. The van der Waals surface area contributed by atoms with E-state index in [1.807, 2.05) is 56.3 Å². The molecule has 0 aromatic heterocycles. The van der Waals surface area contributed by atoms with Gasteiger partial charge in [0.15, 0.2) is 0 Å². The van der Waals surface area contributed by atoms with Crippen LogP contribution in [0, 0.1) is 23.3 Å². The van der Waals surface area contributed by atoms with E-state index in [4.69, 9.17) is 0 Å². The maximum absolute atomic E-state index is 12.5. The minimum absolute atomic E-state index is 0.00612. The molecule has 1 N–H and O–H groups in total. The first-order valence-electron chi connectivity index (χ1n) is 7.89. The highest BCUT2D eigenvalue weighted by atomic mass is 127. The second kappa shape index (κ2) is 6.93. The first-order chi connectivity index (χ1) is 11.5. The molecule has 0 aliphatic carbocycles. The Bertz CT molecular complexity index is 804. The van der Waals surface area contributed by atoms with E-state index in [2.05, 4.69) is 27.9 Å². The van der Waals surface area contributed by atoms with Crippen LogP contribution in [-0.4, -0.2) is 18.4 Å². The predicted octanol–water partition coefficient (Wildman–Crippen LogP) is 3.90. The molecule has 1 saturated heterocycles. The number of hydrogen-bond acceptors (Lipinski definition) is 2.